The number of rotatable bonds is 8. The number of esters is 1. The maximum Gasteiger partial charge on any atom is 0.305 e. The largest absolute Gasteiger partial charge is 0.469 e. The molecule has 5 saturated carbocycles. The van der Waals surface area contributed by atoms with E-state index in [-0.39, 0.29) is 18.3 Å². The average molecular weight is 737 g/mol. The predicted molar refractivity (Wildman–Crippen MR) is 212 cm³/mol. The van der Waals surface area contributed by atoms with E-state index >= 15 is 0 Å². The minimum absolute atomic E-state index is 0. The zero-order chi connectivity index (χ0) is 37.1. The van der Waals surface area contributed by atoms with Gasteiger partial charge < -0.3 is 15.0 Å². The van der Waals surface area contributed by atoms with Gasteiger partial charge in [-0.1, -0.05) is 58.9 Å². The monoisotopic (exact) mass is 737 g/mol. The Labute approximate surface area is 317 Å². The van der Waals surface area contributed by atoms with Crippen molar-refractivity contribution in [2.45, 2.75) is 131 Å². The molecule has 292 valence electrons. The molecule has 7 heteroatoms. The van der Waals surface area contributed by atoms with Crippen molar-refractivity contribution in [1.29, 1.82) is 0 Å². The molecule has 6 fully saturated rings. The zero-order valence-corrected chi connectivity index (χ0v) is 34.6. The van der Waals surface area contributed by atoms with Crippen LogP contribution in [0.15, 0.2) is 35.5 Å². The van der Waals surface area contributed by atoms with Crippen LogP contribution < -0.4 is 5.32 Å². The number of hydrogen-bond donors (Lipinski definition) is 1. The topological polar surface area (TPSA) is 75.7 Å². The summed E-state index contributed by atoms with van der Waals surface area (Å²) in [4.78, 5) is 14.2. The van der Waals surface area contributed by atoms with Crippen LogP contribution in [0.1, 0.15) is 126 Å². The first-order valence-corrected chi connectivity index (χ1v) is 23.1. The zero-order valence-electron chi connectivity index (χ0n) is 33.7. The van der Waals surface area contributed by atoms with Gasteiger partial charge >= 0.3 is 5.97 Å². The third kappa shape index (κ3) is 5.56. The van der Waals surface area contributed by atoms with Gasteiger partial charge in [-0.05, 0) is 158 Å². The van der Waals surface area contributed by atoms with Crippen molar-refractivity contribution in [3.63, 3.8) is 0 Å². The molecule has 8 aliphatic rings. The summed E-state index contributed by atoms with van der Waals surface area (Å²) < 4.78 is 29.1. The fourth-order valence-corrected chi connectivity index (χ4v) is 17.0. The minimum atomic E-state index is -2.85. The second kappa shape index (κ2) is 12.5. The van der Waals surface area contributed by atoms with Crippen molar-refractivity contribution in [3.05, 3.63) is 35.5 Å². The lowest BCUT2D eigenvalue weighted by molar-refractivity contribution is -0.221. The number of allylic oxidation sites excluding steroid dienone is 5. The number of methoxy groups -OCH3 is 1. The Hall–Kier alpha value is -1.44. The summed E-state index contributed by atoms with van der Waals surface area (Å²) in [6.07, 6.45) is 21.1. The lowest BCUT2D eigenvalue weighted by Crippen LogP contribution is -2.68. The predicted octanol–water partition coefficient (Wildman–Crippen LogP) is 8.79. The van der Waals surface area contributed by atoms with Crippen LogP contribution in [-0.4, -0.2) is 69.6 Å². The van der Waals surface area contributed by atoms with Crippen molar-refractivity contribution in [2.75, 3.05) is 44.8 Å². The summed E-state index contributed by atoms with van der Waals surface area (Å²) in [6, 6.07) is 0. The van der Waals surface area contributed by atoms with Gasteiger partial charge in [0.25, 0.3) is 0 Å². The van der Waals surface area contributed by atoms with Crippen molar-refractivity contribution in [3.8, 4) is 0 Å². The number of hydrogen-bond acceptors (Lipinski definition) is 6. The second-order valence-electron chi connectivity index (χ2n) is 21.1. The molecule has 8 rings (SSSR count). The number of nitrogens with one attached hydrogen (secondary N) is 1. The molecule has 1 heterocycles. The highest BCUT2D eigenvalue weighted by molar-refractivity contribution is 7.91. The van der Waals surface area contributed by atoms with Gasteiger partial charge in [0, 0.05) is 39.6 Å². The Morgan fingerprint density at radius 1 is 0.981 bits per heavy atom. The Morgan fingerprint density at radius 2 is 1.69 bits per heavy atom. The molecule has 1 saturated heterocycles. The van der Waals surface area contributed by atoms with Gasteiger partial charge in [-0.25, -0.2) is 8.42 Å². The van der Waals surface area contributed by atoms with E-state index in [0.717, 1.165) is 31.8 Å². The molecule has 0 amide bonds. The molecule has 7 aliphatic carbocycles. The standard InChI is InChI=1S/C45H70N2O4S.H2/c1-30(2)33-11-16-45(46-19-20-47-21-23-52(49,50)24-22-47)18-17-42(6)35(39(33)45)9-10-37-41(5)14-12-34(40(3,4)36(41)13-15-43(37,42)7)32-28-44(29-32)26-31(27-44)25-38(48)51-8;/h12,28,31,33,35-37,39,46H,1,9-11,13-27,29H2,2-8H3;1H/t31?,33-,35+,36-,37+,39+,41-,42+,43+,44?,45-;/m0./s1. The van der Waals surface area contributed by atoms with E-state index in [1.807, 2.05) is 0 Å². The Kier molecular flexibility index (Phi) is 9.03. The quantitative estimate of drug-likeness (QED) is 0.198. The summed E-state index contributed by atoms with van der Waals surface area (Å²) in [5.74, 6) is 4.44. The molecule has 0 unspecified atom stereocenters. The van der Waals surface area contributed by atoms with E-state index in [1.54, 1.807) is 11.1 Å². The van der Waals surface area contributed by atoms with Gasteiger partial charge in [-0.2, -0.15) is 0 Å². The van der Waals surface area contributed by atoms with Crippen molar-refractivity contribution >= 4 is 15.8 Å². The average Bonchev–Trinajstić information content (AvgIpc) is 3.43. The maximum atomic E-state index is 12.1. The van der Waals surface area contributed by atoms with E-state index in [1.165, 1.54) is 76.9 Å². The Morgan fingerprint density at radius 3 is 2.37 bits per heavy atom. The molecular formula is C45H72N2O4S. The highest BCUT2D eigenvalue weighted by Gasteiger charge is 2.70. The lowest BCUT2D eigenvalue weighted by Gasteiger charge is -2.72. The van der Waals surface area contributed by atoms with Crippen LogP contribution in [0, 0.1) is 62.6 Å². The number of sulfone groups is 1. The smallest absolute Gasteiger partial charge is 0.305 e. The summed E-state index contributed by atoms with van der Waals surface area (Å²) in [5, 5.41) is 4.24. The van der Waals surface area contributed by atoms with E-state index in [9.17, 15) is 13.2 Å². The SMILES string of the molecule is C=C(C)[C@@H]1CC[C@]2(NCCN3CCS(=O)(=O)CC3)CC[C@]3(C)[C@H](CC[C@@H]4[C@@]5(C)CC=C(C6=CC7(C6)CC(CC(=O)OC)C7)C(C)(C)[C@@H]5CC[C@]43C)[C@@H]12.[HH]. The van der Waals surface area contributed by atoms with Crippen molar-refractivity contribution in [1.82, 2.24) is 10.2 Å². The first-order chi connectivity index (χ1) is 24.4. The molecule has 0 aromatic carbocycles. The highest BCUT2D eigenvalue weighted by atomic mass is 32.2. The third-order valence-electron chi connectivity index (χ3n) is 18.4. The molecule has 0 aromatic rings. The Balaban J connectivity index is 0.00000435. The van der Waals surface area contributed by atoms with Gasteiger partial charge in [0.1, 0.15) is 0 Å². The first-order valence-electron chi connectivity index (χ1n) is 21.2. The first kappa shape index (κ1) is 37.5. The minimum Gasteiger partial charge on any atom is -0.469 e. The third-order valence-corrected chi connectivity index (χ3v) is 20.0. The molecule has 52 heavy (non-hydrogen) atoms. The number of fused-ring (bicyclic) bond motifs is 7. The van der Waals surface area contributed by atoms with E-state index < -0.39 is 9.84 Å². The Bertz CT molecular complexity index is 1650. The molecule has 1 N–H and O–H groups in total. The van der Waals surface area contributed by atoms with Crippen LogP contribution in [-0.2, 0) is 19.4 Å². The molecule has 9 atom stereocenters. The van der Waals surface area contributed by atoms with Crippen molar-refractivity contribution in [2.24, 2.45) is 62.6 Å². The number of carbonyl (C=O) groups excluding carboxylic acids is 1. The normalized spacial score (nSPS) is 47.4. The summed E-state index contributed by atoms with van der Waals surface area (Å²) >= 11 is 0. The van der Waals surface area contributed by atoms with E-state index in [4.69, 9.17) is 4.74 Å². The van der Waals surface area contributed by atoms with Gasteiger partial charge in [-0.3, -0.25) is 4.79 Å². The number of carbonyl (C=O) groups is 1. The summed E-state index contributed by atoms with van der Waals surface area (Å²) in [6.45, 7) is 23.6. The van der Waals surface area contributed by atoms with Crippen molar-refractivity contribution < 1.29 is 19.4 Å². The van der Waals surface area contributed by atoms with Gasteiger partial charge in [0.2, 0.25) is 0 Å². The molecule has 1 aliphatic heterocycles. The molecule has 0 bridgehead atoms. The van der Waals surface area contributed by atoms with Crippen LogP contribution >= 0.6 is 0 Å². The van der Waals surface area contributed by atoms with Crippen LogP contribution in [0.3, 0.4) is 0 Å². The van der Waals surface area contributed by atoms with Gasteiger partial charge in [-0.15, -0.1) is 0 Å². The number of nitrogens with zero attached hydrogens (tertiary/aromatic N) is 1. The van der Waals surface area contributed by atoms with E-state index in [0.29, 0.717) is 82.3 Å². The van der Waals surface area contributed by atoms with E-state index in [2.05, 4.69) is 70.5 Å². The molecule has 6 nitrogen and oxygen atoms in total. The van der Waals surface area contributed by atoms with Gasteiger partial charge in [0.15, 0.2) is 9.84 Å². The molecule has 1 spiro atoms. The van der Waals surface area contributed by atoms with Crippen LogP contribution in [0.4, 0.5) is 0 Å². The summed E-state index contributed by atoms with van der Waals surface area (Å²) in [7, 11) is -1.34. The second-order valence-corrected chi connectivity index (χ2v) is 23.4. The number of ether oxygens (including phenoxy) is 1. The van der Waals surface area contributed by atoms with Crippen LogP contribution in [0.5, 0.6) is 0 Å². The maximum absolute atomic E-state index is 12.1. The lowest BCUT2D eigenvalue weighted by atomic mass is 9.32. The molecule has 0 radical (unpaired) electrons. The molecular weight excluding hydrogens is 665 g/mol. The highest BCUT2D eigenvalue weighted by Crippen LogP contribution is 2.77. The summed E-state index contributed by atoms with van der Waals surface area (Å²) in [5.41, 5.74) is 6.31. The molecule has 0 aromatic heterocycles. The van der Waals surface area contributed by atoms with Crippen LogP contribution in [0.25, 0.3) is 0 Å². The fraction of sp³-hybridized carbons (Fsp3) is 0.844. The van der Waals surface area contributed by atoms with Crippen LogP contribution in [0.2, 0.25) is 0 Å². The van der Waals surface area contributed by atoms with Gasteiger partial charge in [0.05, 0.1) is 18.6 Å². The fourth-order valence-electron chi connectivity index (χ4n) is 15.8.